The Morgan fingerprint density at radius 3 is 2.57 bits per heavy atom. The monoisotopic (exact) mass is 185 g/mol. The molecule has 14 heavy (non-hydrogen) atoms. The topological polar surface area (TPSA) is 54.9 Å². The predicted molar refractivity (Wildman–Crippen MR) is 48.1 cm³/mol. The number of nitrogens with zero attached hydrogens (tertiary/aromatic N) is 2. The predicted octanol–water partition coefficient (Wildman–Crippen LogP) is -2.19. The second-order valence-corrected chi connectivity index (χ2v) is 3.73. The van der Waals surface area contributed by atoms with Crippen LogP contribution >= 0.6 is 0 Å². The molecule has 0 aromatic carbocycles. The molecule has 1 aromatic rings. The molecule has 1 amide bonds. The van der Waals surface area contributed by atoms with Gasteiger partial charge in [-0.1, -0.05) is 6.20 Å². The Morgan fingerprint density at radius 2 is 2.14 bits per heavy atom. The largest absolute Gasteiger partial charge is 1.00 e. The third-order valence-electron chi connectivity index (χ3n) is 1.24. The molecule has 0 fully saturated rings. The van der Waals surface area contributed by atoms with E-state index in [0.717, 1.165) is 0 Å². The third kappa shape index (κ3) is 4.40. The summed E-state index contributed by atoms with van der Waals surface area (Å²) in [6.45, 7) is 5.73. The van der Waals surface area contributed by atoms with Crippen molar-refractivity contribution in [2.75, 3.05) is 0 Å². The summed E-state index contributed by atoms with van der Waals surface area (Å²) in [5.74, 6) is -0.214. The SMILES string of the molecule is CC(C)(C)NC(=O)c1cn[c-]cn1.[Li+]. The van der Waals surface area contributed by atoms with E-state index in [4.69, 9.17) is 0 Å². The first kappa shape index (κ1) is 13.1. The van der Waals surface area contributed by atoms with Crippen molar-refractivity contribution in [3.05, 3.63) is 24.3 Å². The Hall–Kier alpha value is -0.853. The molecule has 1 heterocycles. The average molecular weight is 185 g/mol. The van der Waals surface area contributed by atoms with Gasteiger partial charge >= 0.3 is 18.9 Å². The Morgan fingerprint density at radius 1 is 1.50 bits per heavy atom. The van der Waals surface area contributed by atoms with Gasteiger partial charge in [-0.2, -0.15) is 0 Å². The maximum Gasteiger partial charge on any atom is 1.00 e. The molecule has 1 aromatic heterocycles. The Bertz CT molecular complexity index is 295. The standard InChI is InChI=1S/C9H12N3O.Li/c1-9(2,3)12-8(13)7-6-10-4-5-11-7;/h5-6H,1-3H3,(H,12,13);/q-1;+1. The van der Waals surface area contributed by atoms with Crippen LogP contribution in [-0.4, -0.2) is 21.4 Å². The summed E-state index contributed by atoms with van der Waals surface area (Å²) in [6, 6.07) is 0. The van der Waals surface area contributed by atoms with Crippen molar-refractivity contribution in [2.45, 2.75) is 26.3 Å². The summed E-state index contributed by atoms with van der Waals surface area (Å²) in [5.41, 5.74) is 0.0619. The van der Waals surface area contributed by atoms with Crippen LogP contribution in [0, 0.1) is 6.20 Å². The Kier molecular flexibility index (Phi) is 4.82. The van der Waals surface area contributed by atoms with Gasteiger partial charge in [0.2, 0.25) is 0 Å². The van der Waals surface area contributed by atoms with E-state index in [1.165, 1.54) is 12.4 Å². The molecule has 0 aliphatic carbocycles. The summed E-state index contributed by atoms with van der Waals surface area (Å²) in [4.78, 5) is 19.0. The van der Waals surface area contributed by atoms with Crippen LogP contribution in [0.1, 0.15) is 31.3 Å². The second-order valence-electron chi connectivity index (χ2n) is 3.73. The first-order valence-corrected chi connectivity index (χ1v) is 4.00. The number of carbonyl (C=O) groups excluding carboxylic acids is 1. The van der Waals surface area contributed by atoms with Gasteiger partial charge in [0, 0.05) is 5.54 Å². The molecule has 70 valence electrons. The fourth-order valence-corrected chi connectivity index (χ4v) is 0.785. The second kappa shape index (κ2) is 5.13. The van der Waals surface area contributed by atoms with E-state index >= 15 is 0 Å². The van der Waals surface area contributed by atoms with Crippen molar-refractivity contribution >= 4 is 5.91 Å². The minimum absolute atomic E-state index is 0. The van der Waals surface area contributed by atoms with Crippen LogP contribution < -0.4 is 24.2 Å². The molecular weight excluding hydrogens is 173 g/mol. The van der Waals surface area contributed by atoms with Gasteiger partial charge in [-0.15, -0.1) is 6.20 Å². The van der Waals surface area contributed by atoms with Crippen LogP contribution in [-0.2, 0) is 0 Å². The van der Waals surface area contributed by atoms with Crippen LogP contribution in [0.25, 0.3) is 0 Å². The molecule has 4 nitrogen and oxygen atoms in total. The summed E-state index contributed by atoms with van der Waals surface area (Å²) in [5, 5.41) is 2.78. The number of amides is 1. The molecule has 1 N–H and O–H groups in total. The summed E-state index contributed by atoms with van der Waals surface area (Å²) in [6.07, 6.45) is 5.27. The summed E-state index contributed by atoms with van der Waals surface area (Å²) < 4.78 is 0. The first-order chi connectivity index (χ1) is 5.99. The minimum atomic E-state index is -0.252. The van der Waals surface area contributed by atoms with E-state index in [1.54, 1.807) is 0 Å². The maximum absolute atomic E-state index is 11.4. The van der Waals surface area contributed by atoms with Crippen molar-refractivity contribution in [1.82, 2.24) is 15.3 Å². The molecule has 0 radical (unpaired) electrons. The molecule has 0 aliphatic heterocycles. The Labute approximate surface area is 95.7 Å². The van der Waals surface area contributed by atoms with Gasteiger partial charge in [0.25, 0.3) is 5.91 Å². The van der Waals surface area contributed by atoms with Crippen LogP contribution in [0.2, 0.25) is 0 Å². The van der Waals surface area contributed by atoms with Crippen molar-refractivity contribution in [1.29, 1.82) is 0 Å². The molecule has 0 saturated carbocycles. The van der Waals surface area contributed by atoms with Crippen molar-refractivity contribution in [3.63, 3.8) is 0 Å². The van der Waals surface area contributed by atoms with E-state index in [2.05, 4.69) is 21.5 Å². The fraction of sp³-hybridized carbons (Fsp3) is 0.444. The summed E-state index contributed by atoms with van der Waals surface area (Å²) in [7, 11) is 0. The molecule has 5 heteroatoms. The molecule has 1 rings (SSSR count). The molecule has 0 aliphatic rings. The van der Waals surface area contributed by atoms with Crippen LogP contribution in [0.3, 0.4) is 0 Å². The van der Waals surface area contributed by atoms with E-state index in [-0.39, 0.29) is 30.3 Å². The van der Waals surface area contributed by atoms with Gasteiger partial charge in [-0.05, 0) is 27.0 Å². The van der Waals surface area contributed by atoms with Crippen LogP contribution in [0.15, 0.2) is 12.4 Å². The molecule has 0 saturated heterocycles. The van der Waals surface area contributed by atoms with E-state index in [0.29, 0.717) is 5.69 Å². The number of nitrogens with one attached hydrogen (secondary N) is 1. The van der Waals surface area contributed by atoms with Crippen molar-refractivity contribution in [2.24, 2.45) is 0 Å². The Balaban J connectivity index is 0.00000169. The number of rotatable bonds is 1. The number of aromatic nitrogens is 2. The van der Waals surface area contributed by atoms with Gasteiger partial charge in [0.1, 0.15) is 0 Å². The zero-order chi connectivity index (χ0) is 9.90. The van der Waals surface area contributed by atoms with Gasteiger partial charge < -0.3 is 10.3 Å². The average Bonchev–Trinajstić information content (AvgIpc) is 2.03. The molecule has 0 atom stereocenters. The number of carbonyl (C=O) groups is 1. The van der Waals surface area contributed by atoms with Crippen LogP contribution in [0.4, 0.5) is 0 Å². The van der Waals surface area contributed by atoms with E-state index < -0.39 is 0 Å². The number of hydrogen-bond donors (Lipinski definition) is 1. The van der Waals surface area contributed by atoms with E-state index in [1.807, 2.05) is 20.8 Å². The zero-order valence-electron chi connectivity index (χ0n) is 8.96. The van der Waals surface area contributed by atoms with Gasteiger partial charge in [-0.3, -0.25) is 9.78 Å². The first-order valence-electron chi connectivity index (χ1n) is 4.00. The van der Waals surface area contributed by atoms with Gasteiger partial charge in [0.15, 0.2) is 0 Å². The molecule has 0 spiro atoms. The van der Waals surface area contributed by atoms with Gasteiger partial charge in [0.05, 0.1) is 5.69 Å². The fourth-order valence-electron chi connectivity index (χ4n) is 0.785. The number of hydrogen-bond acceptors (Lipinski definition) is 3. The minimum Gasteiger partial charge on any atom is -0.455 e. The smallest absolute Gasteiger partial charge is 0.455 e. The van der Waals surface area contributed by atoms with Crippen molar-refractivity contribution in [3.8, 4) is 0 Å². The molecular formula is C9H12LiN3O. The zero-order valence-corrected chi connectivity index (χ0v) is 8.96. The summed E-state index contributed by atoms with van der Waals surface area (Å²) >= 11 is 0. The normalized spacial score (nSPS) is 10.2. The van der Waals surface area contributed by atoms with Crippen LogP contribution in [0.5, 0.6) is 0 Å². The molecule has 0 bridgehead atoms. The van der Waals surface area contributed by atoms with Crippen molar-refractivity contribution < 1.29 is 23.7 Å². The van der Waals surface area contributed by atoms with E-state index in [9.17, 15) is 4.79 Å². The molecule has 0 unspecified atom stereocenters. The quantitative estimate of drug-likeness (QED) is 0.399. The third-order valence-corrected chi connectivity index (χ3v) is 1.24. The van der Waals surface area contributed by atoms with Gasteiger partial charge in [-0.25, -0.2) is 0 Å². The maximum atomic E-state index is 11.4.